The number of amides is 1. The summed E-state index contributed by atoms with van der Waals surface area (Å²) in [6.07, 6.45) is 0. The summed E-state index contributed by atoms with van der Waals surface area (Å²) in [6, 6.07) is 15.8. The van der Waals surface area contributed by atoms with E-state index in [1.165, 1.54) is 24.3 Å². The number of aryl methyl sites for hydroxylation is 2. The van der Waals surface area contributed by atoms with Crippen molar-refractivity contribution in [1.82, 2.24) is 0 Å². The van der Waals surface area contributed by atoms with Gasteiger partial charge in [0, 0.05) is 10.7 Å². The van der Waals surface area contributed by atoms with Crippen molar-refractivity contribution >= 4 is 62.1 Å². The third-order valence-corrected chi connectivity index (χ3v) is 7.48. The summed E-state index contributed by atoms with van der Waals surface area (Å²) in [4.78, 5) is 12.8. The van der Waals surface area contributed by atoms with Gasteiger partial charge in [0.15, 0.2) is 0 Å². The summed E-state index contributed by atoms with van der Waals surface area (Å²) < 4.78 is 27.8. The van der Waals surface area contributed by atoms with Crippen LogP contribution in [0.2, 0.25) is 15.1 Å². The number of nitrogens with one attached hydrogen (secondary N) is 1. The number of hydrogen-bond acceptors (Lipinski definition) is 3. The molecular weight excluding hydrogens is 479 g/mol. The monoisotopic (exact) mass is 496 g/mol. The number of hydrogen-bond donors (Lipinski definition) is 1. The molecule has 0 saturated heterocycles. The van der Waals surface area contributed by atoms with Crippen molar-refractivity contribution in [1.29, 1.82) is 0 Å². The molecule has 0 aromatic heterocycles. The fraction of sp³-hybridized carbons (Fsp3) is 0.136. The van der Waals surface area contributed by atoms with Crippen molar-refractivity contribution in [2.24, 2.45) is 0 Å². The van der Waals surface area contributed by atoms with Gasteiger partial charge in [0.1, 0.15) is 6.54 Å². The molecule has 1 amide bonds. The molecule has 0 saturated carbocycles. The minimum atomic E-state index is -4.04. The lowest BCUT2D eigenvalue weighted by Crippen LogP contribution is -2.38. The Kier molecular flexibility index (Phi) is 7.17. The molecular formula is C22H19Cl3N2O3S. The van der Waals surface area contributed by atoms with Crippen LogP contribution < -0.4 is 9.62 Å². The number of benzene rings is 3. The van der Waals surface area contributed by atoms with Crippen LogP contribution >= 0.6 is 34.8 Å². The van der Waals surface area contributed by atoms with Gasteiger partial charge in [-0.2, -0.15) is 0 Å². The standard InChI is InChI=1S/C22H19Cl3N2O3S/c1-14-3-8-18(9-4-14)31(29,30)27(17-7-5-15(2)20(24)12-17)13-22(28)26-16-6-10-19(23)21(25)11-16/h3-12H,13H2,1-2H3,(H,26,28). The number of halogens is 3. The van der Waals surface area contributed by atoms with Crippen LogP contribution in [-0.4, -0.2) is 20.9 Å². The Bertz CT molecular complexity index is 1230. The molecule has 5 nitrogen and oxygen atoms in total. The molecule has 0 spiro atoms. The largest absolute Gasteiger partial charge is 0.324 e. The Morgan fingerprint density at radius 2 is 1.55 bits per heavy atom. The van der Waals surface area contributed by atoms with E-state index in [1.54, 1.807) is 36.4 Å². The smallest absolute Gasteiger partial charge is 0.264 e. The van der Waals surface area contributed by atoms with E-state index < -0.39 is 22.5 Å². The fourth-order valence-electron chi connectivity index (χ4n) is 2.79. The van der Waals surface area contributed by atoms with E-state index in [1.807, 2.05) is 13.8 Å². The normalized spacial score (nSPS) is 11.3. The molecule has 0 unspecified atom stereocenters. The highest BCUT2D eigenvalue weighted by atomic mass is 35.5. The minimum absolute atomic E-state index is 0.0668. The maximum Gasteiger partial charge on any atom is 0.264 e. The minimum Gasteiger partial charge on any atom is -0.324 e. The lowest BCUT2D eigenvalue weighted by atomic mass is 10.2. The van der Waals surface area contributed by atoms with E-state index >= 15 is 0 Å². The van der Waals surface area contributed by atoms with Gasteiger partial charge >= 0.3 is 0 Å². The third kappa shape index (κ3) is 5.52. The number of anilines is 2. The molecule has 0 heterocycles. The van der Waals surface area contributed by atoms with Gasteiger partial charge in [0.05, 0.1) is 20.6 Å². The van der Waals surface area contributed by atoms with Crippen LogP contribution in [0.15, 0.2) is 65.6 Å². The molecule has 0 bridgehead atoms. The zero-order chi connectivity index (χ0) is 22.8. The first-order valence-corrected chi connectivity index (χ1v) is 11.8. The van der Waals surface area contributed by atoms with Crippen molar-refractivity contribution in [3.8, 4) is 0 Å². The van der Waals surface area contributed by atoms with E-state index in [2.05, 4.69) is 5.32 Å². The Hall–Kier alpha value is -2.25. The van der Waals surface area contributed by atoms with Gasteiger partial charge in [-0.3, -0.25) is 9.10 Å². The van der Waals surface area contributed by atoms with Crippen LogP contribution in [0.1, 0.15) is 11.1 Å². The second-order valence-electron chi connectivity index (χ2n) is 6.94. The molecule has 0 atom stereocenters. The highest BCUT2D eigenvalue weighted by Crippen LogP contribution is 2.29. The van der Waals surface area contributed by atoms with Crippen LogP contribution in [0.3, 0.4) is 0 Å². The molecule has 162 valence electrons. The fourth-order valence-corrected chi connectivity index (χ4v) is 4.68. The Morgan fingerprint density at radius 3 is 2.16 bits per heavy atom. The molecule has 31 heavy (non-hydrogen) atoms. The van der Waals surface area contributed by atoms with Crippen molar-refractivity contribution in [2.75, 3.05) is 16.2 Å². The average molecular weight is 498 g/mol. The summed E-state index contributed by atoms with van der Waals surface area (Å²) in [6.45, 7) is 3.20. The number of rotatable bonds is 6. The van der Waals surface area contributed by atoms with Crippen LogP contribution in [0.5, 0.6) is 0 Å². The molecule has 0 aliphatic rings. The van der Waals surface area contributed by atoms with E-state index in [0.29, 0.717) is 15.7 Å². The average Bonchev–Trinajstić information content (AvgIpc) is 2.71. The van der Waals surface area contributed by atoms with E-state index in [9.17, 15) is 13.2 Å². The van der Waals surface area contributed by atoms with Crippen molar-refractivity contribution in [2.45, 2.75) is 18.7 Å². The highest BCUT2D eigenvalue weighted by Gasteiger charge is 2.27. The summed E-state index contributed by atoms with van der Waals surface area (Å²) in [5.41, 5.74) is 2.38. The van der Waals surface area contributed by atoms with Crippen molar-refractivity contribution < 1.29 is 13.2 Å². The van der Waals surface area contributed by atoms with Gasteiger partial charge in [0.25, 0.3) is 10.0 Å². The van der Waals surface area contributed by atoms with Gasteiger partial charge in [-0.15, -0.1) is 0 Å². The predicted octanol–water partition coefficient (Wildman–Crippen LogP) is 6.10. The summed E-state index contributed by atoms with van der Waals surface area (Å²) >= 11 is 18.1. The molecule has 0 aliphatic heterocycles. The van der Waals surface area contributed by atoms with E-state index in [0.717, 1.165) is 15.4 Å². The molecule has 3 aromatic carbocycles. The molecule has 3 rings (SSSR count). The molecule has 0 aliphatic carbocycles. The van der Waals surface area contributed by atoms with Gasteiger partial charge in [-0.05, 0) is 61.9 Å². The van der Waals surface area contributed by atoms with Crippen molar-refractivity contribution in [3.63, 3.8) is 0 Å². The number of sulfonamides is 1. The molecule has 3 aromatic rings. The summed E-state index contributed by atoms with van der Waals surface area (Å²) in [5, 5.41) is 3.66. The lowest BCUT2D eigenvalue weighted by Gasteiger charge is -2.24. The quantitative estimate of drug-likeness (QED) is 0.447. The molecule has 0 radical (unpaired) electrons. The van der Waals surface area contributed by atoms with E-state index in [4.69, 9.17) is 34.8 Å². The Balaban J connectivity index is 1.97. The zero-order valence-corrected chi connectivity index (χ0v) is 19.8. The number of carbonyl (C=O) groups is 1. The molecule has 1 N–H and O–H groups in total. The maximum absolute atomic E-state index is 13.4. The second kappa shape index (κ2) is 9.49. The summed E-state index contributed by atoms with van der Waals surface area (Å²) in [7, 11) is -4.04. The highest BCUT2D eigenvalue weighted by molar-refractivity contribution is 7.92. The number of carbonyl (C=O) groups excluding carboxylic acids is 1. The number of nitrogens with zero attached hydrogens (tertiary/aromatic N) is 1. The lowest BCUT2D eigenvalue weighted by molar-refractivity contribution is -0.114. The second-order valence-corrected chi connectivity index (χ2v) is 10.0. The van der Waals surface area contributed by atoms with Gasteiger partial charge in [-0.25, -0.2) is 8.42 Å². The molecule has 0 fully saturated rings. The van der Waals surface area contributed by atoms with Crippen LogP contribution in [0.4, 0.5) is 11.4 Å². The first kappa shape index (κ1) is 23.4. The maximum atomic E-state index is 13.4. The van der Waals surface area contributed by atoms with Crippen molar-refractivity contribution in [3.05, 3.63) is 86.9 Å². The third-order valence-electron chi connectivity index (χ3n) is 4.54. The van der Waals surface area contributed by atoms with Crippen LogP contribution in [0, 0.1) is 13.8 Å². The molecule has 9 heteroatoms. The summed E-state index contributed by atoms with van der Waals surface area (Å²) in [5.74, 6) is -0.550. The van der Waals surface area contributed by atoms with E-state index in [-0.39, 0.29) is 15.6 Å². The topological polar surface area (TPSA) is 66.5 Å². The van der Waals surface area contributed by atoms with Crippen LogP contribution in [-0.2, 0) is 14.8 Å². The SMILES string of the molecule is Cc1ccc(S(=O)(=O)N(CC(=O)Nc2ccc(Cl)c(Cl)c2)c2ccc(C)c(Cl)c2)cc1. The zero-order valence-electron chi connectivity index (χ0n) is 16.7. The van der Waals surface area contributed by atoms with Gasteiger partial charge < -0.3 is 5.32 Å². The van der Waals surface area contributed by atoms with Gasteiger partial charge in [-0.1, -0.05) is 58.6 Å². The van der Waals surface area contributed by atoms with Gasteiger partial charge in [0.2, 0.25) is 5.91 Å². The Morgan fingerprint density at radius 1 is 0.871 bits per heavy atom. The first-order chi connectivity index (χ1) is 14.6. The first-order valence-electron chi connectivity index (χ1n) is 9.18. The Labute approximate surface area is 196 Å². The van der Waals surface area contributed by atoms with Crippen LogP contribution in [0.25, 0.3) is 0 Å². The predicted molar refractivity (Wildman–Crippen MR) is 127 cm³/mol.